The van der Waals surface area contributed by atoms with E-state index in [2.05, 4.69) is 19.9 Å². The predicted octanol–water partition coefficient (Wildman–Crippen LogP) is 2.38. The molecule has 1 saturated carbocycles. The van der Waals surface area contributed by atoms with E-state index < -0.39 is 10.0 Å². The Morgan fingerprint density at radius 1 is 1.28 bits per heavy atom. The molecule has 1 N–H and O–H groups in total. The van der Waals surface area contributed by atoms with Crippen molar-refractivity contribution in [2.24, 2.45) is 0 Å². The fourth-order valence-electron chi connectivity index (χ4n) is 3.73. The van der Waals surface area contributed by atoms with Crippen molar-refractivity contribution >= 4 is 26.9 Å². The van der Waals surface area contributed by atoms with Crippen LogP contribution in [0.15, 0.2) is 18.6 Å². The van der Waals surface area contributed by atoms with Crippen LogP contribution in [0.4, 0.5) is 5.82 Å². The third kappa shape index (κ3) is 3.37. The number of nitrogens with one attached hydrogen (secondary N) is 1. The molecule has 0 spiro atoms. The molecule has 0 bridgehead atoms. The Hall–Kier alpha value is -1.67. The zero-order valence-corrected chi connectivity index (χ0v) is 16.1. The van der Waals surface area contributed by atoms with Gasteiger partial charge in [-0.25, -0.2) is 18.4 Å². The normalized spacial score (nSPS) is 21.0. The molecule has 2 heterocycles. The van der Waals surface area contributed by atoms with Crippen LogP contribution in [0.1, 0.15) is 40.0 Å². The summed E-state index contributed by atoms with van der Waals surface area (Å²) in [4.78, 5) is 13.9. The molecule has 0 unspecified atom stereocenters. The lowest BCUT2D eigenvalue weighted by Crippen LogP contribution is -2.57. The molecule has 1 fully saturated rings. The maximum absolute atomic E-state index is 12.6. The number of rotatable bonds is 7. The molecular weight excluding hydrogens is 338 g/mol. The van der Waals surface area contributed by atoms with Crippen molar-refractivity contribution in [1.82, 2.24) is 19.3 Å². The third-order valence-electron chi connectivity index (χ3n) is 4.96. The summed E-state index contributed by atoms with van der Waals surface area (Å²) < 4.78 is 26.9. The zero-order valence-electron chi connectivity index (χ0n) is 15.3. The van der Waals surface area contributed by atoms with Gasteiger partial charge in [0, 0.05) is 31.4 Å². The Balaban J connectivity index is 1.73. The number of nitrogens with zero attached hydrogens (tertiary/aromatic N) is 4. The van der Waals surface area contributed by atoms with Crippen LogP contribution in [-0.4, -0.2) is 58.6 Å². The van der Waals surface area contributed by atoms with Gasteiger partial charge < -0.3 is 9.88 Å². The minimum atomic E-state index is -3.19. The molecular formula is C17H27N5O2S. The van der Waals surface area contributed by atoms with Crippen molar-refractivity contribution in [3.63, 3.8) is 0 Å². The first kappa shape index (κ1) is 18.1. The third-order valence-corrected chi connectivity index (χ3v) is 7.24. The Labute approximate surface area is 149 Å². The van der Waals surface area contributed by atoms with E-state index >= 15 is 0 Å². The van der Waals surface area contributed by atoms with Crippen LogP contribution < -0.4 is 4.90 Å². The number of anilines is 1. The summed E-state index contributed by atoms with van der Waals surface area (Å²) in [5.74, 6) is 1.11. The van der Waals surface area contributed by atoms with Gasteiger partial charge in [-0.1, -0.05) is 6.92 Å². The van der Waals surface area contributed by atoms with Crippen molar-refractivity contribution in [3.8, 4) is 0 Å². The largest absolute Gasteiger partial charge is 0.356 e. The van der Waals surface area contributed by atoms with Crippen LogP contribution in [0.2, 0.25) is 0 Å². The van der Waals surface area contributed by atoms with E-state index in [1.54, 1.807) is 10.6 Å². The van der Waals surface area contributed by atoms with Gasteiger partial charge >= 0.3 is 0 Å². The molecule has 0 radical (unpaired) electrons. The average molecular weight is 366 g/mol. The van der Waals surface area contributed by atoms with Crippen molar-refractivity contribution in [2.75, 3.05) is 17.7 Å². The molecule has 2 aromatic heterocycles. The molecule has 7 nitrogen and oxygen atoms in total. The summed E-state index contributed by atoms with van der Waals surface area (Å²) in [7, 11) is -1.16. The van der Waals surface area contributed by atoms with E-state index in [4.69, 9.17) is 0 Å². The van der Waals surface area contributed by atoms with Crippen LogP contribution in [0.5, 0.6) is 0 Å². The van der Waals surface area contributed by atoms with E-state index in [1.165, 1.54) is 0 Å². The first-order chi connectivity index (χ1) is 11.8. The first-order valence-electron chi connectivity index (χ1n) is 8.87. The van der Waals surface area contributed by atoms with Gasteiger partial charge in [0.15, 0.2) is 0 Å². The SMILES string of the molecule is CCCS(=O)(=O)N(C(C)C)C1CC(N(C)c2ncnc3[nH]ccc23)C1. The van der Waals surface area contributed by atoms with Crippen molar-refractivity contribution in [3.05, 3.63) is 18.6 Å². The number of sulfonamides is 1. The standard InChI is InChI=1S/C17H27N5O2S/c1-5-8-25(23,24)22(12(2)3)14-9-13(10-14)21(4)17-15-6-7-18-16(15)19-11-20-17/h6-7,11-14H,5,8-10H2,1-4H3,(H,18,19,20). The summed E-state index contributed by atoms with van der Waals surface area (Å²) >= 11 is 0. The predicted molar refractivity (Wildman–Crippen MR) is 100 cm³/mol. The van der Waals surface area contributed by atoms with E-state index in [1.807, 2.05) is 40.1 Å². The highest BCUT2D eigenvalue weighted by atomic mass is 32.2. The van der Waals surface area contributed by atoms with Crippen molar-refractivity contribution < 1.29 is 8.42 Å². The Morgan fingerprint density at radius 2 is 2.00 bits per heavy atom. The summed E-state index contributed by atoms with van der Waals surface area (Å²) in [6.45, 7) is 5.82. The van der Waals surface area contributed by atoms with Crippen LogP contribution in [0, 0.1) is 0 Å². The van der Waals surface area contributed by atoms with Gasteiger partial charge in [0.25, 0.3) is 0 Å². The highest BCUT2D eigenvalue weighted by molar-refractivity contribution is 7.89. The van der Waals surface area contributed by atoms with Crippen LogP contribution >= 0.6 is 0 Å². The van der Waals surface area contributed by atoms with E-state index in [-0.39, 0.29) is 23.9 Å². The van der Waals surface area contributed by atoms with Crippen LogP contribution in [0.25, 0.3) is 11.0 Å². The fraction of sp³-hybridized carbons (Fsp3) is 0.647. The topological polar surface area (TPSA) is 82.2 Å². The molecule has 1 aliphatic carbocycles. The minimum absolute atomic E-state index is 0.0109. The second-order valence-corrected chi connectivity index (χ2v) is 9.06. The van der Waals surface area contributed by atoms with Crippen molar-refractivity contribution in [1.29, 1.82) is 0 Å². The maximum atomic E-state index is 12.6. The zero-order chi connectivity index (χ0) is 18.2. The molecule has 0 amide bonds. The number of hydrogen-bond acceptors (Lipinski definition) is 5. The summed E-state index contributed by atoms with van der Waals surface area (Å²) in [6.07, 6.45) is 5.72. The minimum Gasteiger partial charge on any atom is -0.356 e. The van der Waals surface area contributed by atoms with Gasteiger partial charge in [-0.3, -0.25) is 0 Å². The molecule has 25 heavy (non-hydrogen) atoms. The Kier molecular flexibility index (Phi) is 5.02. The molecule has 0 atom stereocenters. The Bertz CT molecular complexity index is 826. The summed E-state index contributed by atoms with van der Waals surface area (Å²) in [5.41, 5.74) is 0.821. The molecule has 138 valence electrons. The van der Waals surface area contributed by atoms with E-state index in [0.717, 1.165) is 29.7 Å². The molecule has 0 saturated heterocycles. The molecule has 3 rings (SSSR count). The Morgan fingerprint density at radius 3 is 2.64 bits per heavy atom. The molecule has 0 aliphatic heterocycles. The molecule has 8 heteroatoms. The van der Waals surface area contributed by atoms with E-state index in [0.29, 0.717) is 6.42 Å². The van der Waals surface area contributed by atoms with E-state index in [9.17, 15) is 8.42 Å². The van der Waals surface area contributed by atoms with Gasteiger partial charge in [-0.2, -0.15) is 4.31 Å². The number of aromatic nitrogens is 3. The molecule has 2 aromatic rings. The first-order valence-corrected chi connectivity index (χ1v) is 10.5. The fourth-order valence-corrected chi connectivity index (χ4v) is 5.72. The van der Waals surface area contributed by atoms with Gasteiger partial charge in [-0.15, -0.1) is 0 Å². The summed E-state index contributed by atoms with van der Waals surface area (Å²) in [6, 6.07) is 2.33. The van der Waals surface area contributed by atoms with Gasteiger partial charge in [0.05, 0.1) is 11.1 Å². The lowest BCUT2D eigenvalue weighted by atomic mass is 9.85. The van der Waals surface area contributed by atoms with Gasteiger partial charge in [-0.05, 0) is 39.2 Å². The van der Waals surface area contributed by atoms with Gasteiger partial charge in [0.2, 0.25) is 10.0 Å². The summed E-state index contributed by atoms with van der Waals surface area (Å²) in [5, 5.41) is 0.993. The quantitative estimate of drug-likeness (QED) is 0.814. The van der Waals surface area contributed by atoms with Crippen LogP contribution in [-0.2, 0) is 10.0 Å². The number of hydrogen-bond donors (Lipinski definition) is 1. The number of fused-ring (bicyclic) bond motifs is 1. The lowest BCUT2D eigenvalue weighted by Gasteiger charge is -2.47. The lowest BCUT2D eigenvalue weighted by molar-refractivity contribution is 0.163. The molecule has 0 aromatic carbocycles. The van der Waals surface area contributed by atoms with Crippen LogP contribution in [0.3, 0.4) is 0 Å². The maximum Gasteiger partial charge on any atom is 0.214 e. The number of aromatic amines is 1. The van der Waals surface area contributed by atoms with Gasteiger partial charge in [0.1, 0.15) is 17.8 Å². The number of H-pyrrole nitrogens is 1. The monoisotopic (exact) mass is 365 g/mol. The second-order valence-electron chi connectivity index (χ2n) is 7.07. The highest BCUT2D eigenvalue weighted by Crippen LogP contribution is 2.35. The highest BCUT2D eigenvalue weighted by Gasteiger charge is 2.42. The second kappa shape index (κ2) is 6.92. The average Bonchev–Trinajstić information content (AvgIpc) is 2.97. The van der Waals surface area contributed by atoms with Crippen molar-refractivity contribution in [2.45, 2.75) is 58.2 Å². The molecule has 1 aliphatic rings. The smallest absolute Gasteiger partial charge is 0.214 e.